The van der Waals surface area contributed by atoms with E-state index in [9.17, 15) is 9.59 Å². The first-order valence-corrected chi connectivity index (χ1v) is 7.97. The number of fused-ring (bicyclic) bond motifs is 2. The molecule has 0 radical (unpaired) electrons. The zero-order chi connectivity index (χ0) is 16.7. The minimum absolute atomic E-state index is 0.0441. The normalized spacial score (nSPS) is 15.1. The summed E-state index contributed by atoms with van der Waals surface area (Å²) in [5.41, 5.74) is 4.97. The van der Waals surface area contributed by atoms with E-state index in [1.807, 2.05) is 12.1 Å². The van der Waals surface area contributed by atoms with Crippen molar-refractivity contribution in [2.45, 2.75) is 26.2 Å². The first-order valence-electron chi connectivity index (χ1n) is 7.97. The molecule has 0 bridgehead atoms. The van der Waals surface area contributed by atoms with Crippen molar-refractivity contribution in [3.63, 3.8) is 0 Å². The van der Waals surface area contributed by atoms with Crippen molar-refractivity contribution in [1.29, 1.82) is 0 Å². The first-order chi connectivity index (χ1) is 11.6. The molecule has 122 valence electrons. The Morgan fingerprint density at radius 2 is 2.12 bits per heavy atom. The minimum atomic E-state index is -0.234. The lowest BCUT2D eigenvalue weighted by Gasteiger charge is -2.17. The fourth-order valence-corrected chi connectivity index (χ4v) is 3.33. The summed E-state index contributed by atoms with van der Waals surface area (Å²) in [6, 6.07) is 5.56. The van der Waals surface area contributed by atoms with Crippen LogP contribution in [0.25, 0.3) is 0 Å². The fourth-order valence-electron chi connectivity index (χ4n) is 3.33. The van der Waals surface area contributed by atoms with Gasteiger partial charge in [0.2, 0.25) is 0 Å². The van der Waals surface area contributed by atoms with Crippen molar-refractivity contribution in [3.05, 3.63) is 46.6 Å². The van der Waals surface area contributed by atoms with Gasteiger partial charge < -0.3 is 15.4 Å². The number of aromatic nitrogens is 1. The van der Waals surface area contributed by atoms with Crippen LogP contribution in [-0.4, -0.2) is 23.4 Å². The van der Waals surface area contributed by atoms with Crippen LogP contribution in [0.1, 0.15) is 33.5 Å². The van der Waals surface area contributed by atoms with Crippen molar-refractivity contribution in [1.82, 2.24) is 4.98 Å². The number of hydrogen-bond acceptors (Lipinski definition) is 4. The molecule has 0 saturated heterocycles. The molecule has 1 aromatic heterocycles. The summed E-state index contributed by atoms with van der Waals surface area (Å²) in [4.78, 5) is 28.1. The topological polar surface area (TPSA) is 80.3 Å². The Labute approximate surface area is 139 Å². The molecule has 2 aromatic rings. The monoisotopic (exact) mass is 323 g/mol. The number of ether oxygens (including phenoxy) is 1. The molecule has 2 heterocycles. The van der Waals surface area contributed by atoms with E-state index in [0.29, 0.717) is 17.3 Å². The van der Waals surface area contributed by atoms with Crippen molar-refractivity contribution < 1.29 is 14.3 Å². The summed E-state index contributed by atoms with van der Waals surface area (Å²) in [6.07, 6.45) is 4.59. The smallest absolute Gasteiger partial charge is 0.263 e. The molecule has 0 atom stereocenters. The van der Waals surface area contributed by atoms with Crippen LogP contribution < -0.4 is 15.4 Å². The van der Waals surface area contributed by atoms with Gasteiger partial charge >= 0.3 is 0 Å². The van der Waals surface area contributed by atoms with Crippen LogP contribution in [0, 0.1) is 6.92 Å². The SMILES string of the molecule is Cc1ccc(C(=O)Nc2cnc3c(c2)OCC(=O)N3)c2c1CCC2. The van der Waals surface area contributed by atoms with Gasteiger partial charge in [-0.3, -0.25) is 9.59 Å². The predicted octanol–water partition coefficient (Wildman–Crippen LogP) is 2.46. The Kier molecular flexibility index (Phi) is 3.45. The Morgan fingerprint density at radius 3 is 3.00 bits per heavy atom. The van der Waals surface area contributed by atoms with Gasteiger partial charge in [-0.2, -0.15) is 0 Å². The number of carbonyl (C=O) groups excluding carboxylic acids is 2. The summed E-state index contributed by atoms with van der Waals surface area (Å²) >= 11 is 0. The van der Waals surface area contributed by atoms with E-state index in [0.717, 1.165) is 30.4 Å². The molecule has 1 aliphatic carbocycles. The third kappa shape index (κ3) is 2.50. The van der Waals surface area contributed by atoms with Crippen LogP contribution in [0.2, 0.25) is 0 Å². The minimum Gasteiger partial charge on any atom is -0.480 e. The summed E-state index contributed by atoms with van der Waals surface area (Å²) in [5.74, 6) is 0.457. The summed E-state index contributed by atoms with van der Waals surface area (Å²) in [7, 11) is 0. The standard InChI is InChI=1S/C18H17N3O3/c1-10-5-6-14(13-4-2-3-12(10)13)18(23)20-11-7-15-17(19-8-11)21-16(22)9-24-15/h5-8H,2-4,9H2,1H3,(H,20,23)(H,19,21,22). The number of anilines is 2. The first kappa shape index (κ1) is 14.7. The Balaban J connectivity index is 1.59. The molecule has 0 unspecified atom stereocenters. The van der Waals surface area contributed by atoms with Crippen LogP contribution in [0.5, 0.6) is 5.75 Å². The van der Waals surface area contributed by atoms with Gasteiger partial charge in [0.1, 0.15) is 0 Å². The van der Waals surface area contributed by atoms with Crippen LogP contribution >= 0.6 is 0 Å². The van der Waals surface area contributed by atoms with Gasteiger partial charge in [0.15, 0.2) is 18.2 Å². The van der Waals surface area contributed by atoms with Crippen molar-refractivity contribution in [3.8, 4) is 5.75 Å². The summed E-state index contributed by atoms with van der Waals surface area (Å²) < 4.78 is 5.33. The van der Waals surface area contributed by atoms with E-state index in [1.165, 1.54) is 17.3 Å². The van der Waals surface area contributed by atoms with Gasteiger partial charge in [-0.25, -0.2) is 4.98 Å². The molecule has 6 nitrogen and oxygen atoms in total. The highest BCUT2D eigenvalue weighted by atomic mass is 16.5. The van der Waals surface area contributed by atoms with Gasteiger partial charge in [0, 0.05) is 11.6 Å². The Bertz CT molecular complexity index is 861. The average molecular weight is 323 g/mol. The van der Waals surface area contributed by atoms with Crippen LogP contribution in [0.3, 0.4) is 0 Å². The fraction of sp³-hybridized carbons (Fsp3) is 0.278. The zero-order valence-electron chi connectivity index (χ0n) is 13.3. The zero-order valence-corrected chi connectivity index (χ0v) is 13.3. The van der Waals surface area contributed by atoms with E-state index in [4.69, 9.17) is 4.74 Å². The lowest BCUT2D eigenvalue weighted by atomic mass is 9.98. The molecule has 0 fully saturated rings. The molecule has 4 rings (SSSR count). The average Bonchev–Trinajstić information content (AvgIpc) is 3.06. The third-order valence-electron chi connectivity index (χ3n) is 4.49. The second kappa shape index (κ2) is 5.63. The van der Waals surface area contributed by atoms with E-state index in [1.54, 1.807) is 6.07 Å². The predicted molar refractivity (Wildman–Crippen MR) is 89.5 cm³/mol. The number of nitrogens with one attached hydrogen (secondary N) is 2. The number of aryl methyl sites for hydroxylation is 1. The van der Waals surface area contributed by atoms with Gasteiger partial charge in [0.05, 0.1) is 11.9 Å². The number of carbonyl (C=O) groups is 2. The highest BCUT2D eigenvalue weighted by molar-refractivity contribution is 6.06. The molecule has 2 aliphatic rings. The van der Waals surface area contributed by atoms with Gasteiger partial charge in [0.25, 0.3) is 11.8 Å². The molecule has 1 aliphatic heterocycles. The summed E-state index contributed by atoms with van der Waals surface area (Å²) in [6.45, 7) is 2.04. The largest absolute Gasteiger partial charge is 0.480 e. The van der Waals surface area contributed by atoms with E-state index in [-0.39, 0.29) is 18.4 Å². The molecule has 1 aromatic carbocycles. The van der Waals surface area contributed by atoms with Crippen molar-refractivity contribution in [2.75, 3.05) is 17.2 Å². The number of benzene rings is 1. The molecular weight excluding hydrogens is 306 g/mol. The Morgan fingerprint density at radius 1 is 1.29 bits per heavy atom. The number of pyridine rings is 1. The maximum absolute atomic E-state index is 12.7. The Hall–Kier alpha value is -2.89. The maximum Gasteiger partial charge on any atom is 0.263 e. The van der Waals surface area contributed by atoms with Crippen molar-refractivity contribution in [2.24, 2.45) is 0 Å². The van der Waals surface area contributed by atoms with Gasteiger partial charge in [-0.15, -0.1) is 0 Å². The molecule has 2 N–H and O–H groups in total. The molecule has 24 heavy (non-hydrogen) atoms. The highest BCUT2D eigenvalue weighted by Gasteiger charge is 2.22. The van der Waals surface area contributed by atoms with Crippen LogP contribution in [-0.2, 0) is 17.6 Å². The van der Waals surface area contributed by atoms with Crippen LogP contribution in [0.4, 0.5) is 11.5 Å². The lowest BCUT2D eigenvalue weighted by Crippen LogP contribution is -2.26. The van der Waals surface area contributed by atoms with Gasteiger partial charge in [-0.05, 0) is 48.9 Å². The quantitative estimate of drug-likeness (QED) is 0.889. The second-order valence-electron chi connectivity index (χ2n) is 6.10. The van der Waals surface area contributed by atoms with Crippen LogP contribution in [0.15, 0.2) is 24.4 Å². The maximum atomic E-state index is 12.7. The number of amides is 2. The third-order valence-corrected chi connectivity index (χ3v) is 4.49. The van der Waals surface area contributed by atoms with E-state index in [2.05, 4.69) is 22.5 Å². The number of nitrogens with zero attached hydrogens (tertiary/aromatic N) is 1. The molecular formula is C18H17N3O3. The molecule has 6 heteroatoms. The lowest BCUT2D eigenvalue weighted by molar-refractivity contribution is -0.118. The molecule has 2 amide bonds. The second-order valence-corrected chi connectivity index (χ2v) is 6.10. The molecule has 0 saturated carbocycles. The summed E-state index contributed by atoms with van der Waals surface area (Å²) in [5, 5.41) is 5.50. The van der Waals surface area contributed by atoms with E-state index >= 15 is 0 Å². The number of rotatable bonds is 2. The highest BCUT2D eigenvalue weighted by Crippen LogP contribution is 2.30. The van der Waals surface area contributed by atoms with E-state index < -0.39 is 0 Å². The molecule has 0 spiro atoms. The number of hydrogen-bond donors (Lipinski definition) is 2. The van der Waals surface area contributed by atoms with Crippen molar-refractivity contribution >= 4 is 23.3 Å². The van der Waals surface area contributed by atoms with Gasteiger partial charge in [-0.1, -0.05) is 6.07 Å².